The Kier molecular flexibility index (Phi) is 5.46. The molecule has 0 spiro atoms. The molecule has 0 heterocycles. The molecular formula is C15H22BrNO3S. The average molecular weight is 376 g/mol. The molecule has 0 aliphatic heterocycles. The first-order valence-electron chi connectivity index (χ1n) is 7.31. The maximum absolute atomic E-state index is 12.4. The molecule has 1 aromatic carbocycles. The smallest absolute Gasteiger partial charge is 0.240 e. The minimum atomic E-state index is -3.60. The molecule has 6 heteroatoms. The predicted molar refractivity (Wildman–Crippen MR) is 86.7 cm³/mol. The molecule has 0 saturated heterocycles. The Morgan fingerprint density at radius 3 is 2.48 bits per heavy atom. The number of rotatable bonds is 4. The molecule has 2 rings (SSSR count). The summed E-state index contributed by atoms with van der Waals surface area (Å²) in [6.07, 6.45) is 5.45. The van der Waals surface area contributed by atoms with Crippen molar-refractivity contribution in [2.24, 2.45) is 0 Å². The fraction of sp³-hybridized carbons (Fsp3) is 0.600. The van der Waals surface area contributed by atoms with Gasteiger partial charge in [0.1, 0.15) is 0 Å². The summed E-state index contributed by atoms with van der Waals surface area (Å²) in [6, 6.07) is 5.17. The van der Waals surface area contributed by atoms with Crippen LogP contribution >= 0.6 is 15.9 Å². The van der Waals surface area contributed by atoms with E-state index in [4.69, 9.17) is 0 Å². The molecule has 0 radical (unpaired) electrons. The third kappa shape index (κ3) is 4.52. The summed E-state index contributed by atoms with van der Waals surface area (Å²) < 4.78 is 28.2. The van der Waals surface area contributed by atoms with E-state index >= 15 is 0 Å². The van der Waals surface area contributed by atoms with Crippen LogP contribution in [-0.2, 0) is 10.0 Å². The number of sulfonamides is 1. The number of aryl methyl sites for hydroxylation is 1. The Labute approximate surface area is 135 Å². The first-order valence-corrected chi connectivity index (χ1v) is 9.58. The summed E-state index contributed by atoms with van der Waals surface area (Å²) in [7, 11) is -3.60. The van der Waals surface area contributed by atoms with E-state index in [-0.39, 0.29) is 11.4 Å². The summed E-state index contributed by atoms with van der Waals surface area (Å²) >= 11 is 3.30. The van der Waals surface area contributed by atoms with Crippen molar-refractivity contribution in [2.45, 2.75) is 55.9 Å². The Bertz CT molecular complexity index is 593. The minimum absolute atomic E-state index is 0.0846. The van der Waals surface area contributed by atoms with Crippen LogP contribution < -0.4 is 4.72 Å². The zero-order chi connectivity index (χ0) is 15.5. The van der Waals surface area contributed by atoms with Crippen molar-refractivity contribution >= 4 is 26.0 Å². The van der Waals surface area contributed by atoms with Gasteiger partial charge in [0, 0.05) is 11.0 Å². The van der Waals surface area contributed by atoms with Crippen LogP contribution in [0.5, 0.6) is 0 Å². The molecule has 1 aliphatic carbocycles. The van der Waals surface area contributed by atoms with Crippen LogP contribution in [0.15, 0.2) is 27.6 Å². The van der Waals surface area contributed by atoms with Gasteiger partial charge in [-0.1, -0.05) is 47.7 Å². The van der Waals surface area contributed by atoms with Gasteiger partial charge in [0.05, 0.1) is 10.5 Å². The lowest BCUT2D eigenvalue weighted by Gasteiger charge is -2.26. The van der Waals surface area contributed by atoms with Crippen LogP contribution in [0.25, 0.3) is 0 Å². The summed E-state index contributed by atoms with van der Waals surface area (Å²) in [5.74, 6) is 0. The second-order valence-corrected chi connectivity index (χ2v) is 8.52. The van der Waals surface area contributed by atoms with Gasteiger partial charge in [0.15, 0.2) is 0 Å². The first-order chi connectivity index (χ1) is 9.82. The molecule has 1 fully saturated rings. The summed E-state index contributed by atoms with van der Waals surface area (Å²) in [6.45, 7) is 1.85. The van der Waals surface area contributed by atoms with Gasteiger partial charge in [-0.3, -0.25) is 0 Å². The lowest BCUT2D eigenvalue weighted by molar-refractivity contribution is 0.0303. The van der Waals surface area contributed by atoms with Gasteiger partial charge >= 0.3 is 0 Å². The Balaban J connectivity index is 2.12. The van der Waals surface area contributed by atoms with E-state index in [1.807, 2.05) is 6.07 Å². The van der Waals surface area contributed by atoms with Gasteiger partial charge in [-0.25, -0.2) is 13.1 Å². The van der Waals surface area contributed by atoms with Crippen LogP contribution in [0.4, 0.5) is 0 Å². The molecule has 4 nitrogen and oxygen atoms in total. The van der Waals surface area contributed by atoms with Crippen molar-refractivity contribution in [3.05, 3.63) is 28.2 Å². The number of aliphatic hydroxyl groups is 1. The molecule has 0 unspecified atom stereocenters. The number of benzene rings is 1. The molecule has 2 N–H and O–H groups in total. The lowest BCUT2D eigenvalue weighted by atomic mass is 9.95. The van der Waals surface area contributed by atoms with Crippen LogP contribution in [0, 0.1) is 6.92 Å². The highest BCUT2D eigenvalue weighted by molar-refractivity contribution is 9.10. The highest BCUT2D eigenvalue weighted by atomic mass is 79.9. The highest BCUT2D eigenvalue weighted by Gasteiger charge is 2.30. The van der Waals surface area contributed by atoms with Crippen LogP contribution in [0.2, 0.25) is 0 Å². The quantitative estimate of drug-likeness (QED) is 0.794. The largest absolute Gasteiger partial charge is 0.389 e. The first kappa shape index (κ1) is 16.9. The maximum atomic E-state index is 12.4. The topological polar surface area (TPSA) is 66.4 Å². The van der Waals surface area contributed by atoms with Crippen LogP contribution in [-0.4, -0.2) is 25.7 Å². The second kappa shape index (κ2) is 6.77. The Hall–Kier alpha value is -0.430. The molecule has 118 valence electrons. The molecule has 0 amide bonds. The molecular weight excluding hydrogens is 354 g/mol. The fourth-order valence-corrected chi connectivity index (χ4v) is 4.63. The fourth-order valence-electron chi connectivity index (χ4n) is 2.73. The third-order valence-corrected chi connectivity index (χ3v) is 6.10. The predicted octanol–water partition coefficient (Wildman–Crippen LogP) is 3.12. The molecule has 1 aromatic rings. The van der Waals surface area contributed by atoms with Crippen molar-refractivity contribution in [2.75, 3.05) is 6.54 Å². The van der Waals surface area contributed by atoms with E-state index in [1.165, 1.54) is 0 Å². The van der Waals surface area contributed by atoms with Crippen molar-refractivity contribution in [3.63, 3.8) is 0 Å². The lowest BCUT2D eigenvalue weighted by Crippen LogP contribution is -2.42. The van der Waals surface area contributed by atoms with E-state index in [1.54, 1.807) is 19.1 Å². The van der Waals surface area contributed by atoms with Crippen molar-refractivity contribution in [3.8, 4) is 0 Å². The van der Waals surface area contributed by atoms with E-state index in [0.717, 1.165) is 30.2 Å². The van der Waals surface area contributed by atoms with Crippen molar-refractivity contribution in [1.29, 1.82) is 0 Å². The van der Waals surface area contributed by atoms with Crippen LogP contribution in [0.1, 0.15) is 44.1 Å². The monoisotopic (exact) mass is 375 g/mol. The zero-order valence-electron chi connectivity index (χ0n) is 12.2. The molecule has 21 heavy (non-hydrogen) atoms. The molecule has 1 saturated carbocycles. The third-order valence-electron chi connectivity index (χ3n) is 4.07. The van der Waals surface area contributed by atoms with Gasteiger partial charge in [-0.15, -0.1) is 0 Å². The number of hydrogen-bond donors (Lipinski definition) is 2. The van der Waals surface area contributed by atoms with Crippen LogP contribution in [0.3, 0.4) is 0 Å². The average Bonchev–Trinajstić information content (AvgIpc) is 2.65. The molecule has 0 bridgehead atoms. The van der Waals surface area contributed by atoms with E-state index in [9.17, 15) is 13.5 Å². The van der Waals surface area contributed by atoms with E-state index < -0.39 is 15.6 Å². The minimum Gasteiger partial charge on any atom is -0.389 e. The van der Waals surface area contributed by atoms with Crippen molar-refractivity contribution in [1.82, 2.24) is 4.72 Å². The highest BCUT2D eigenvalue weighted by Crippen LogP contribution is 2.27. The summed E-state index contributed by atoms with van der Waals surface area (Å²) in [5, 5.41) is 10.5. The summed E-state index contributed by atoms with van der Waals surface area (Å²) in [4.78, 5) is 0.258. The zero-order valence-corrected chi connectivity index (χ0v) is 14.6. The maximum Gasteiger partial charge on any atom is 0.240 e. The van der Waals surface area contributed by atoms with Gasteiger partial charge in [-0.05, 0) is 37.5 Å². The Morgan fingerprint density at radius 2 is 1.86 bits per heavy atom. The standard InChI is InChI=1S/C15H22BrNO3S/c1-12-6-7-13(16)10-14(12)21(19,20)17-11-15(18)8-4-2-3-5-9-15/h6-7,10,17-18H,2-5,8-9,11H2,1H3. The number of hydrogen-bond acceptors (Lipinski definition) is 3. The second-order valence-electron chi connectivity index (χ2n) is 5.87. The van der Waals surface area contributed by atoms with Gasteiger partial charge in [0.25, 0.3) is 0 Å². The number of halogens is 1. The van der Waals surface area contributed by atoms with E-state index in [2.05, 4.69) is 20.7 Å². The molecule has 1 aliphatic rings. The van der Waals surface area contributed by atoms with E-state index in [0.29, 0.717) is 18.4 Å². The normalized spacial score (nSPS) is 19.2. The number of nitrogens with one attached hydrogen (secondary N) is 1. The van der Waals surface area contributed by atoms with Gasteiger partial charge in [-0.2, -0.15) is 0 Å². The Morgan fingerprint density at radius 1 is 1.24 bits per heavy atom. The SMILES string of the molecule is Cc1ccc(Br)cc1S(=O)(=O)NCC1(O)CCCCCC1. The van der Waals surface area contributed by atoms with Gasteiger partial charge < -0.3 is 5.11 Å². The molecule has 0 atom stereocenters. The van der Waals surface area contributed by atoms with Gasteiger partial charge in [0.2, 0.25) is 10.0 Å². The summed E-state index contributed by atoms with van der Waals surface area (Å²) in [5.41, 5.74) is -0.220. The molecule has 0 aromatic heterocycles. The van der Waals surface area contributed by atoms with Crippen molar-refractivity contribution < 1.29 is 13.5 Å².